The fraction of sp³-hybridized carbons (Fsp3) is 0.417. The summed E-state index contributed by atoms with van der Waals surface area (Å²) in [6.07, 6.45) is -0.507. The Morgan fingerprint density at radius 2 is 2.06 bits per heavy atom. The van der Waals surface area contributed by atoms with E-state index in [1.807, 2.05) is 24.3 Å². The second-order valence-electron chi connectivity index (χ2n) is 3.50. The third-order valence-electron chi connectivity index (χ3n) is 2.10. The van der Waals surface area contributed by atoms with Crippen LogP contribution in [0, 0.1) is 3.57 Å². The molecule has 1 amide bonds. The van der Waals surface area contributed by atoms with Crippen LogP contribution in [0.15, 0.2) is 24.3 Å². The molecule has 0 saturated heterocycles. The molecule has 5 heteroatoms. The van der Waals surface area contributed by atoms with Crippen molar-refractivity contribution in [2.45, 2.75) is 13.0 Å². The number of nitrogens with one attached hydrogen (secondary N) is 1. The SMILES string of the molecule is COCCNC(=O)C(C)Oc1ccc(I)cc1. The van der Waals surface area contributed by atoms with Gasteiger partial charge in [-0.1, -0.05) is 0 Å². The van der Waals surface area contributed by atoms with Crippen LogP contribution in [0.4, 0.5) is 0 Å². The molecule has 0 heterocycles. The lowest BCUT2D eigenvalue weighted by Crippen LogP contribution is -2.37. The fourth-order valence-electron chi connectivity index (χ4n) is 1.19. The van der Waals surface area contributed by atoms with E-state index in [1.165, 1.54) is 0 Å². The van der Waals surface area contributed by atoms with Crippen LogP contribution < -0.4 is 10.1 Å². The van der Waals surface area contributed by atoms with Gasteiger partial charge in [-0.2, -0.15) is 0 Å². The summed E-state index contributed by atoms with van der Waals surface area (Å²) in [4.78, 5) is 11.6. The van der Waals surface area contributed by atoms with Crippen LogP contribution in [0.5, 0.6) is 5.75 Å². The first-order valence-corrected chi connectivity index (χ1v) is 6.40. The van der Waals surface area contributed by atoms with Gasteiger partial charge >= 0.3 is 0 Å². The van der Waals surface area contributed by atoms with Crippen LogP contribution in [0.1, 0.15) is 6.92 Å². The standard InChI is InChI=1S/C12H16INO3/c1-9(12(15)14-7-8-16-2)17-11-5-3-10(13)4-6-11/h3-6,9H,7-8H2,1-2H3,(H,14,15). The average Bonchev–Trinajstić information content (AvgIpc) is 2.32. The lowest BCUT2D eigenvalue weighted by molar-refractivity contribution is -0.127. The van der Waals surface area contributed by atoms with E-state index < -0.39 is 6.10 Å². The third kappa shape index (κ3) is 5.36. The minimum absolute atomic E-state index is 0.138. The van der Waals surface area contributed by atoms with E-state index in [9.17, 15) is 4.79 Å². The molecular weight excluding hydrogens is 333 g/mol. The average molecular weight is 349 g/mol. The van der Waals surface area contributed by atoms with Crippen molar-refractivity contribution in [3.8, 4) is 5.75 Å². The first kappa shape index (κ1) is 14.2. The summed E-state index contributed by atoms with van der Waals surface area (Å²) in [7, 11) is 1.59. The smallest absolute Gasteiger partial charge is 0.260 e. The number of hydrogen-bond donors (Lipinski definition) is 1. The van der Waals surface area contributed by atoms with Crippen molar-refractivity contribution in [1.29, 1.82) is 0 Å². The summed E-state index contributed by atoms with van der Waals surface area (Å²) in [5, 5.41) is 2.72. The molecule has 17 heavy (non-hydrogen) atoms. The highest BCUT2D eigenvalue weighted by molar-refractivity contribution is 14.1. The van der Waals surface area contributed by atoms with Crippen molar-refractivity contribution in [3.05, 3.63) is 27.8 Å². The monoisotopic (exact) mass is 349 g/mol. The zero-order valence-corrected chi connectivity index (χ0v) is 12.1. The molecule has 0 spiro atoms. The fourth-order valence-corrected chi connectivity index (χ4v) is 1.55. The Hall–Kier alpha value is -0.820. The molecule has 0 radical (unpaired) electrons. The number of carbonyl (C=O) groups is 1. The van der Waals surface area contributed by atoms with E-state index in [0.29, 0.717) is 18.9 Å². The van der Waals surface area contributed by atoms with Crippen molar-refractivity contribution in [3.63, 3.8) is 0 Å². The van der Waals surface area contributed by atoms with E-state index in [-0.39, 0.29) is 5.91 Å². The van der Waals surface area contributed by atoms with E-state index in [1.54, 1.807) is 14.0 Å². The maximum atomic E-state index is 11.6. The summed E-state index contributed by atoms with van der Waals surface area (Å²) < 4.78 is 11.5. The van der Waals surface area contributed by atoms with Gasteiger partial charge in [0.05, 0.1) is 6.61 Å². The van der Waals surface area contributed by atoms with Gasteiger partial charge in [-0.3, -0.25) is 4.79 Å². The van der Waals surface area contributed by atoms with Crippen molar-refractivity contribution < 1.29 is 14.3 Å². The molecular formula is C12H16INO3. The lowest BCUT2D eigenvalue weighted by Gasteiger charge is -2.14. The van der Waals surface area contributed by atoms with E-state index in [4.69, 9.17) is 9.47 Å². The largest absolute Gasteiger partial charge is 0.481 e. The third-order valence-corrected chi connectivity index (χ3v) is 2.82. The molecule has 0 saturated carbocycles. The van der Waals surface area contributed by atoms with Crippen LogP contribution in [0.3, 0.4) is 0 Å². The van der Waals surface area contributed by atoms with Crippen LogP contribution >= 0.6 is 22.6 Å². The van der Waals surface area contributed by atoms with Crippen molar-refractivity contribution in [1.82, 2.24) is 5.32 Å². The Bertz CT molecular complexity index is 353. The van der Waals surface area contributed by atoms with Gasteiger partial charge in [0.25, 0.3) is 5.91 Å². The van der Waals surface area contributed by atoms with Gasteiger partial charge in [-0.15, -0.1) is 0 Å². The summed E-state index contributed by atoms with van der Waals surface area (Å²) in [5.41, 5.74) is 0. The van der Waals surface area contributed by atoms with Gasteiger partial charge in [0.15, 0.2) is 6.10 Å². The molecule has 0 bridgehead atoms. The summed E-state index contributed by atoms with van der Waals surface area (Å²) >= 11 is 2.22. The molecule has 94 valence electrons. The number of ether oxygens (including phenoxy) is 2. The molecule has 4 nitrogen and oxygen atoms in total. The Morgan fingerprint density at radius 1 is 1.41 bits per heavy atom. The summed E-state index contributed by atoms with van der Waals surface area (Å²) in [6, 6.07) is 7.57. The first-order valence-electron chi connectivity index (χ1n) is 5.32. The molecule has 1 unspecified atom stereocenters. The molecule has 1 aromatic carbocycles. The highest BCUT2D eigenvalue weighted by Crippen LogP contribution is 2.14. The van der Waals surface area contributed by atoms with Crippen LogP contribution in [-0.4, -0.2) is 32.3 Å². The predicted octanol–water partition coefficient (Wildman–Crippen LogP) is 1.82. The van der Waals surface area contributed by atoms with E-state index in [0.717, 1.165) is 3.57 Å². The molecule has 0 aromatic heterocycles. The van der Waals surface area contributed by atoms with Crippen molar-refractivity contribution in [2.75, 3.05) is 20.3 Å². The summed E-state index contributed by atoms with van der Waals surface area (Å²) in [5.74, 6) is 0.556. The number of rotatable bonds is 6. The number of carbonyl (C=O) groups excluding carboxylic acids is 1. The van der Waals surface area contributed by atoms with Crippen LogP contribution in [0.2, 0.25) is 0 Å². The second-order valence-corrected chi connectivity index (χ2v) is 4.74. The Kier molecular flexibility index (Phi) is 6.28. The number of methoxy groups -OCH3 is 1. The first-order chi connectivity index (χ1) is 8.13. The van der Waals surface area contributed by atoms with Crippen molar-refractivity contribution in [2.24, 2.45) is 0 Å². The topological polar surface area (TPSA) is 47.6 Å². The number of amides is 1. The Balaban J connectivity index is 2.40. The maximum Gasteiger partial charge on any atom is 0.260 e. The molecule has 1 rings (SSSR count). The Morgan fingerprint density at radius 3 is 2.65 bits per heavy atom. The minimum atomic E-state index is -0.507. The number of benzene rings is 1. The molecule has 1 atom stereocenters. The molecule has 0 aliphatic carbocycles. The molecule has 1 aromatic rings. The number of hydrogen-bond acceptors (Lipinski definition) is 3. The van der Waals surface area contributed by atoms with Gasteiger partial charge < -0.3 is 14.8 Å². The molecule has 1 N–H and O–H groups in total. The minimum Gasteiger partial charge on any atom is -0.481 e. The van der Waals surface area contributed by atoms with Gasteiger partial charge in [0, 0.05) is 17.2 Å². The second kappa shape index (κ2) is 7.50. The zero-order chi connectivity index (χ0) is 12.7. The summed E-state index contributed by atoms with van der Waals surface area (Å²) in [6.45, 7) is 2.72. The van der Waals surface area contributed by atoms with Crippen molar-refractivity contribution >= 4 is 28.5 Å². The zero-order valence-electron chi connectivity index (χ0n) is 9.90. The van der Waals surface area contributed by atoms with Crippen LogP contribution in [0.25, 0.3) is 0 Å². The van der Waals surface area contributed by atoms with Gasteiger partial charge in [-0.25, -0.2) is 0 Å². The molecule has 0 aliphatic rings. The maximum absolute atomic E-state index is 11.6. The van der Waals surface area contributed by atoms with Gasteiger partial charge in [0.1, 0.15) is 5.75 Å². The van der Waals surface area contributed by atoms with Gasteiger partial charge in [-0.05, 0) is 53.8 Å². The predicted molar refractivity (Wildman–Crippen MR) is 74.1 cm³/mol. The highest BCUT2D eigenvalue weighted by Gasteiger charge is 2.13. The van der Waals surface area contributed by atoms with E-state index >= 15 is 0 Å². The lowest BCUT2D eigenvalue weighted by atomic mass is 10.3. The normalized spacial score (nSPS) is 11.9. The molecule has 0 fully saturated rings. The van der Waals surface area contributed by atoms with E-state index in [2.05, 4.69) is 27.9 Å². The Labute approximate surface area is 115 Å². The van der Waals surface area contributed by atoms with Gasteiger partial charge in [0.2, 0.25) is 0 Å². The number of halogens is 1. The molecule has 0 aliphatic heterocycles. The highest BCUT2D eigenvalue weighted by atomic mass is 127. The quantitative estimate of drug-likeness (QED) is 0.630. The van der Waals surface area contributed by atoms with Crippen LogP contribution in [-0.2, 0) is 9.53 Å².